The third-order valence-electron chi connectivity index (χ3n) is 2.09. The van der Waals surface area contributed by atoms with Crippen molar-refractivity contribution in [3.63, 3.8) is 0 Å². The van der Waals surface area contributed by atoms with Gasteiger partial charge in [-0.1, -0.05) is 31.4 Å². The fourth-order valence-electron chi connectivity index (χ4n) is 1.32. The molecule has 17 heavy (non-hydrogen) atoms. The molecular weight excluding hydrogens is 212 g/mol. The number of benzene rings is 1. The minimum Gasteiger partial charge on any atom is -0.490 e. The zero-order chi connectivity index (χ0) is 12.5. The number of hydrogen-bond acceptors (Lipinski definition) is 2. The Balaban J connectivity index is 2.31. The molecule has 0 aliphatic heterocycles. The van der Waals surface area contributed by atoms with Crippen molar-refractivity contribution in [3.8, 4) is 5.75 Å². The molecule has 1 aromatic rings. The second-order valence-corrected chi connectivity index (χ2v) is 3.52. The maximum Gasteiger partial charge on any atom is 0.122 e. The van der Waals surface area contributed by atoms with E-state index in [2.05, 4.69) is 13.2 Å². The Labute approximate surface area is 103 Å². The van der Waals surface area contributed by atoms with Gasteiger partial charge in [0.1, 0.15) is 24.7 Å². The fraction of sp³-hybridized carbons (Fsp3) is 0.200. The normalized spacial score (nSPS) is 10.8. The largest absolute Gasteiger partial charge is 0.490 e. The van der Waals surface area contributed by atoms with Crippen LogP contribution in [0, 0.1) is 6.92 Å². The zero-order valence-electron chi connectivity index (χ0n) is 10.2. The number of hydrogen-bond donors (Lipinski definition) is 0. The maximum atomic E-state index is 5.55. The van der Waals surface area contributed by atoms with Gasteiger partial charge in [0.15, 0.2) is 0 Å². The summed E-state index contributed by atoms with van der Waals surface area (Å²) in [7, 11) is 0. The first-order valence-corrected chi connectivity index (χ1v) is 5.53. The molecule has 0 bridgehead atoms. The highest BCUT2D eigenvalue weighted by Crippen LogP contribution is 2.12. The summed E-state index contributed by atoms with van der Waals surface area (Å²) in [5.74, 6) is 1.56. The third-order valence-corrected chi connectivity index (χ3v) is 2.09. The average Bonchev–Trinajstić information content (AvgIpc) is 2.33. The smallest absolute Gasteiger partial charge is 0.122 e. The molecule has 1 aromatic carbocycles. The van der Waals surface area contributed by atoms with Crippen LogP contribution in [0.5, 0.6) is 5.75 Å². The zero-order valence-corrected chi connectivity index (χ0v) is 10.2. The standard InChI is InChI=1S/C15H18O2/c1-4-7-14(5-2)16-10-11-17-15-9-6-8-13(3)12-15/h4-9,12H,1-2,10-11H2,3H3/b14-7+. The Morgan fingerprint density at radius 2 is 2.12 bits per heavy atom. The first-order chi connectivity index (χ1) is 8.26. The molecule has 0 unspecified atom stereocenters. The number of ether oxygens (including phenoxy) is 2. The van der Waals surface area contributed by atoms with E-state index in [1.807, 2.05) is 31.2 Å². The summed E-state index contributed by atoms with van der Waals surface area (Å²) in [6.07, 6.45) is 5.08. The summed E-state index contributed by atoms with van der Waals surface area (Å²) < 4.78 is 11.0. The van der Waals surface area contributed by atoms with Crippen LogP contribution in [0.15, 0.2) is 61.4 Å². The van der Waals surface area contributed by atoms with Gasteiger partial charge in [0.25, 0.3) is 0 Å². The van der Waals surface area contributed by atoms with Gasteiger partial charge in [-0.3, -0.25) is 0 Å². The summed E-state index contributed by atoms with van der Waals surface area (Å²) in [6, 6.07) is 7.93. The van der Waals surface area contributed by atoms with Gasteiger partial charge in [-0.25, -0.2) is 0 Å². The fourth-order valence-corrected chi connectivity index (χ4v) is 1.32. The Hall–Kier alpha value is -1.96. The Bertz CT molecular complexity index is 405. The van der Waals surface area contributed by atoms with E-state index in [1.165, 1.54) is 5.56 Å². The molecule has 0 amide bonds. The molecule has 0 saturated carbocycles. The first-order valence-electron chi connectivity index (χ1n) is 5.53. The van der Waals surface area contributed by atoms with Gasteiger partial charge in [0.2, 0.25) is 0 Å². The summed E-state index contributed by atoms with van der Waals surface area (Å²) >= 11 is 0. The Morgan fingerprint density at radius 1 is 1.29 bits per heavy atom. The van der Waals surface area contributed by atoms with E-state index in [9.17, 15) is 0 Å². The molecule has 0 aliphatic carbocycles. The van der Waals surface area contributed by atoms with Gasteiger partial charge < -0.3 is 9.47 Å². The van der Waals surface area contributed by atoms with E-state index in [-0.39, 0.29) is 0 Å². The van der Waals surface area contributed by atoms with Crippen molar-refractivity contribution in [2.45, 2.75) is 6.92 Å². The monoisotopic (exact) mass is 230 g/mol. The molecule has 0 aromatic heterocycles. The minimum absolute atomic E-state index is 0.486. The SMILES string of the molecule is C=C/C=C(\C=C)OCCOc1cccc(C)c1. The predicted molar refractivity (Wildman–Crippen MR) is 71.1 cm³/mol. The van der Waals surface area contributed by atoms with Gasteiger partial charge in [-0.05, 0) is 36.8 Å². The van der Waals surface area contributed by atoms with Gasteiger partial charge in [0.05, 0.1) is 0 Å². The second-order valence-electron chi connectivity index (χ2n) is 3.52. The van der Waals surface area contributed by atoms with Crippen LogP contribution in [0.4, 0.5) is 0 Å². The molecule has 0 fully saturated rings. The molecule has 0 saturated heterocycles. The van der Waals surface area contributed by atoms with Crippen molar-refractivity contribution in [1.82, 2.24) is 0 Å². The van der Waals surface area contributed by atoms with Crippen molar-refractivity contribution in [3.05, 3.63) is 67.0 Å². The van der Waals surface area contributed by atoms with Crippen LogP contribution in [-0.2, 0) is 4.74 Å². The van der Waals surface area contributed by atoms with E-state index in [0.29, 0.717) is 19.0 Å². The molecule has 90 valence electrons. The predicted octanol–water partition coefficient (Wildman–Crippen LogP) is 3.65. The molecule has 0 radical (unpaired) electrons. The summed E-state index contributed by atoms with van der Waals surface area (Å²) in [6.45, 7) is 10.3. The van der Waals surface area contributed by atoms with Crippen LogP contribution in [-0.4, -0.2) is 13.2 Å². The molecule has 0 aliphatic rings. The van der Waals surface area contributed by atoms with Gasteiger partial charge in [-0.15, -0.1) is 0 Å². The van der Waals surface area contributed by atoms with Crippen LogP contribution in [0.1, 0.15) is 5.56 Å². The summed E-state index contributed by atoms with van der Waals surface area (Å²) in [5.41, 5.74) is 1.18. The highest BCUT2D eigenvalue weighted by molar-refractivity contribution is 5.27. The van der Waals surface area contributed by atoms with Crippen LogP contribution in [0.3, 0.4) is 0 Å². The van der Waals surface area contributed by atoms with Crippen molar-refractivity contribution in [2.24, 2.45) is 0 Å². The van der Waals surface area contributed by atoms with Crippen molar-refractivity contribution >= 4 is 0 Å². The highest BCUT2D eigenvalue weighted by Gasteiger charge is 1.95. The van der Waals surface area contributed by atoms with E-state index >= 15 is 0 Å². The number of aryl methyl sites for hydroxylation is 1. The lowest BCUT2D eigenvalue weighted by atomic mass is 10.2. The minimum atomic E-state index is 0.486. The van der Waals surface area contributed by atoms with Gasteiger partial charge in [0, 0.05) is 0 Å². The molecule has 0 spiro atoms. The lowest BCUT2D eigenvalue weighted by Crippen LogP contribution is -2.06. The highest BCUT2D eigenvalue weighted by atomic mass is 16.5. The second kappa shape index (κ2) is 7.34. The molecule has 0 heterocycles. The average molecular weight is 230 g/mol. The van der Waals surface area contributed by atoms with Crippen LogP contribution >= 0.6 is 0 Å². The van der Waals surface area contributed by atoms with Gasteiger partial charge in [-0.2, -0.15) is 0 Å². The van der Waals surface area contributed by atoms with Crippen molar-refractivity contribution < 1.29 is 9.47 Å². The molecule has 0 atom stereocenters. The molecule has 0 N–H and O–H groups in total. The van der Waals surface area contributed by atoms with Crippen LogP contribution < -0.4 is 4.74 Å². The van der Waals surface area contributed by atoms with Crippen LogP contribution in [0.25, 0.3) is 0 Å². The molecule has 1 rings (SSSR count). The quantitative estimate of drug-likeness (QED) is 0.404. The number of rotatable bonds is 7. The Morgan fingerprint density at radius 3 is 2.76 bits per heavy atom. The van der Waals surface area contributed by atoms with E-state index in [1.54, 1.807) is 18.2 Å². The van der Waals surface area contributed by atoms with Crippen molar-refractivity contribution in [2.75, 3.05) is 13.2 Å². The van der Waals surface area contributed by atoms with E-state index in [4.69, 9.17) is 9.47 Å². The van der Waals surface area contributed by atoms with Gasteiger partial charge >= 0.3 is 0 Å². The van der Waals surface area contributed by atoms with Crippen LogP contribution in [0.2, 0.25) is 0 Å². The molecule has 2 nitrogen and oxygen atoms in total. The lowest BCUT2D eigenvalue weighted by Gasteiger charge is -2.08. The first kappa shape index (κ1) is 13.1. The number of allylic oxidation sites excluding steroid dienone is 3. The summed E-state index contributed by atoms with van der Waals surface area (Å²) in [5, 5.41) is 0. The third kappa shape index (κ3) is 5.07. The lowest BCUT2D eigenvalue weighted by molar-refractivity contribution is 0.164. The van der Waals surface area contributed by atoms with E-state index < -0.39 is 0 Å². The van der Waals surface area contributed by atoms with Crippen molar-refractivity contribution in [1.29, 1.82) is 0 Å². The molecule has 2 heteroatoms. The Kier molecular flexibility index (Phi) is 5.66. The van der Waals surface area contributed by atoms with E-state index in [0.717, 1.165) is 5.75 Å². The topological polar surface area (TPSA) is 18.5 Å². The molecular formula is C15H18O2. The summed E-state index contributed by atoms with van der Waals surface area (Å²) in [4.78, 5) is 0. The maximum absolute atomic E-state index is 5.55.